The number of benzene rings is 2. The molecule has 4 heteroatoms. The summed E-state index contributed by atoms with van der Waals surface area (Å²) in [5.74, 6) is 6.59. The first kappa shape index (κ1) is 19.4. The Balaban J connectivity index is 1.72. The number of carbonyl (C=O) groups is 1. The van der Waals surface area contributed by atoms with Crippen molar-refractivity contribution < 1.29 is 9.53 Å². The van der Waals surface area contributed by atoms with Gasteiger partial charge in [-0.05, 0) is 41.7 Å². The van der Waals surface area contributed by atoms with Gasteiger partial charge in [-0.3, -0.25) is 0 Å². The second-order valence-corrected chi connectivity index (χ2v) is 7.04. The Labute approximate surface area is 156 Å². The monoisotopic (exact) mass is 350 g/mol. The Kier molecular flexibility index (Phi) is 6.68. The molecule has 0 spiro atoms. The van der Waals surface area contributed by atoms with E-state index in [1.54, 1.807) is 0 Å². The molecule has 2 rings (SSSR count). The second kappa shape index (κ2) is 8.96. The highest BCUT2D eigenvalue weighted by molar-refractivity contribution is 5.89. The van der Waals surface area contributed by atoms with Crippen molar-refractivity contribution in [3.05, 3.63) is 59.7 Å². The van der Waals surface area contributed by atoms with Gasteiger partial charge in [0.05, 0.1) is 6.54 Å². The summed E-state index contributed by atoms with van der Waals surface area (Å²) >= 11 is 0. The quantitative estimate of drug-likeness (QED) is 0.798. The molecule has 0 aromatic heterocycles. The number of urea groups is 1. The topological polar surface area (TPSA) is 50.4 Å². The van der Waals surface area contributed by atoms with Crippen LogP contribution >= 0.6 is 0 Å². The van der Waals surface area contributed by atoms with Crippen molar-refractivity contribution in [3.8, 4) is 17.6 Å². The van der Waals surface area contributed by atoms with Gasteiger partial charge in [-0.2, -0.15) is 0 Å². The van der Waals surface area contributed by atoms with Crippen molar-refractivity contribution in [2.24, 2.45) is 0 Å². The number of nitrogens with one attached hydrogen (secondary N) is 2. The molecule has 2 amide bonds. The highest BCUT2D eigenvalue weighted by atomic mass is 16.5. The number of hydrogen-bond acceptors (Lipinski definition) is 2. The summed E-state index contributed by atoms with van der Waals surface area (Å²) in [5, 5.41) is 5.50. The number of anilines is 1. The minimum atomic E-state index is -0.275. The third-order valence-electron chi connectivity index (χ3n) is 3.86. The predicted octanol–water partition coefficient (Wildman–Crippen LogP) is 4.50. The lowest BCUT2D eigenvalue weighted by molar-refractivity contribution is 0.253. The van der Waals surface area contributed by atoms with Gasteiger partial charge in [-0.15, -0.1) is 0 Å². The van der Waals surface area contributed by atoms with Crippen LogP contribution in [-0.2, 0) is 5.41 Å². The second-order valence-electron chi connectivity index (χ2n) is 7.04. The molecule has 0 aliphatic carbocycles. The molecule has 0 radical (unpaired) electrons. The summed E-state index contributed by atoms with van der Waals surface area (Å²) in [7, 11) is 0. The summed E-state index contributed by atoms with van der Waals surface area (Å²) < 4.78 is 5.58. The molecule has 0 aliphatic heterocycles. The molecule has 0 bridgehead atoms. The van der Waals surface area contributed by atoms with Crippen molar-refractivity contribution in [2.45, 2.75) is 33.1 Å². The molecule has 0 aliphatic rings. The van der Waals surface area contributed by atoms with Crippen LogP contribution in [0.15, 0.2) is 48.5 Å². The minimum absolute atomic E-state index is 0.0940. The van der Waals surface area contributed by atoms with Gasteiger partial charge in [-0.1, -0.05) is 62.9 Å². The number of carbonyl (C=O) groups excluding carboxylic acids is 1. The fourth-order valence-electron chi connectivity index (χ4n) is 2.30. The Morgan fingerprint density at radius 3 is 2.38 bits per heavy atom. The smallest absolute Gasteiger partial charge is 0.319 e. The maximum Gasteiger partial charge on any atom is 0.319 e. The zero-order chi connectivity index (χ0) is 19.0. The van der Waals surface area contributed by atoms with E-state index in [0.717, 1.165) is 17.0 Å². The van der Waals surface area contributed by atoms with Crippen LogP contribution in [0.25, 0.3) is 0 Å². The van der Waals surface area contributed by atoms with Gasteiger partial charge >= 0.3 is 6.03 Å². The molecule has 136 valence electrons. The van der Waals surface area contributed by atoms with Crippen molar-refractivity contribution in [1.82, 2.24) is 5.32 Å². The predicted molar refractivity (Wildman–Crippen MR) is 107 cm³/mol. The molecule has 2 N–H and O–H groups in total. The van der Waals surface area contributed by atoms with Crippen LogP contribution in [0.5, 0.6) is 5.75 Å². The summed E-state index contributed by atoms with van der Waals surface area (Å²) in [5.41, 5.74) is 3.15. The van der Waals surface area contributed by atoms with Crippen molar-refractivity contribution in [2.75, 3.05) is 18.5 Å². The van der Waals surface area contributed by atoms with E-state index in [4.69, 9.17) is 4.74 Å². The van der Waals surface area contributed by atoms with E-state index in [9.17, 15) is 4.79 Å². The van der Waals surface area contributed by atoms with Crippen molar-refractivity contribution in [3.63, 3.8) is 0 Å². The molecule has 4 nitrogen and oxygen atoms in total. The van der Waals surface area contributed by atoms with E-state index < -0.39 is 0 Å². The Morgan fingerprint density at radius 1 is 1.04 bits per heavy atom. The lowest BCUT2D eigenvalue weighted by Crippen LogP contribution is -2.29. The lowest BCUT2D eigenvalue weighted by Gasteiger charge is -2.19. The molecular weight excluding hydrogens is 324 g/mol. The Hall–Kier alpha value is -2.93. The molecular formula is C22H26N2O2. The third kappa shape index (κ3) is 6.18. The van der Waals surface area contributed by atoms with Gasteiger partial charge in [0, 0.05) is 5.69 Å². The molecule has 26 heavy (non-hydrogen) atoms. The molecule has 0 saturated carbocycles. The fourth-order valence-corrected chi connectivity index (χ4v) is 2.30. The van der Waals surface area contributed by atoms with Gasteiger partial charge in [0.25, 0.3) is 0 Å². The van der Waals surface area contributed by atoms with E-state index in [2.05, 4.69) is 43.2 Å². The molecule has 0 fully saturated rings. The van der Waals surface area contributed by atoms with Gasteiger partial charge in [0.1, 0.15) is 12.4 Å². The zero-order valence-corrected chi connectivity index (χ0v) is 15.8. The molecule has 0 heterocycles. The maximum atomic E-state index is 11.9. The molecule has 2 aromatic rings. The van der Waals surface area contributed by atoms with Gasteiger partial charge in [0.2, 0.25) is 0 Å². The van der Waals surface area contributed by atoms with Gasteiger partial charge in [-0.25, -0.2) is 4.79 Å². The summed E-state index contributed by atoms with van der Waals surface area (Å²) in [6.07, 6.45) is 0. The summed E-state index contributed by atoms with van der Waals surface area (Å²) in [4.78, 5) is 11.9. The third-order valence-corrected chi connectivity index (χ3v) is 3.86. The van der Waals surface area contributed by atoms with Crippen LogP contribution in [0.2, 0.25) is 0 Å². The van der Waals surface area contributed by atoms with Gasteiger partial charge in [0.15, 0.2) is 0 Å². The normalized spacial score (nSPS) is 10.5. The number of amides is 2. The van der Waals surface area contributed by atoms with E-state index in [1.807, 2.05) is 55.5 Å². The number of ether oxygens (including phenoxy) is 1. The van der Waals surface area contributed by atoms with E-state index >= 15 is 0 Å². The van der Waals surface area contributed by atoms with E-state index in [0.29, 0.717) is 6.61 Å². The molecule has 0 atom stereocenters. The molecule has 0 unspecified atom stereocenters. The average molecular weight is 350 g/mol. The molecule has 2 aromatic carbocycles. The first-order chi connectivity index (χ1) is 12.4. The Bertz CT molecular complexity index is 793. The number of rotatable bonds is 4. The lowest BCUT2D eigenvalue weighted by atomic mass is 9.87. The zero-order valence-electron chi connectivity index (χ0n) is 15.8. The number of para-hydroxylation sites is 1. The molecule has 0 saturated heterocycles. The van der Waals surface area contributed by atoms with E-state index in [-0.39, 0.29) is 18.0 Å². The number of aryl methyl sites for hydroxylation is 1. The van der Waals surface area contributed by atoms with Crippen LogP contribution in [0.1, 0.15) is 31.9 Å². The van der Waals surface area contributed by atoms with Gasteiger partial charge < -0.3 is 15.4 Å². The maximum absolute atomic E-state index is 11.9. The standard InChI is InChI=1S/C22H26N2O2/c1-17-9-5-6-10-20(17)26-16-8-7-15-23-21(25)24-19-13-11-18(12-14-19)22(2,3)4/h5-6,9-14H,15-16H2,1-4H3,(H2,23,24,25). The van der Waals surface area contributed by atoms with Crippen LogP contribution < -0.4 is 15.4 Å². The first-order valence-electron chi connectivity index (χ1n) is 8.66. The Morgan fingerprint density at radius 2 is 1.73 bits per heavy atom. The van der Waals surface area contributed by atoms with E-state index in [1.165, 1.54) is 5.56 Å². The van der Waals surface area contributed by atoms with Crippen LogP contribution in [-0.4, -0.2) is 19.2 Å². The van der Waals surface area contributed by atoms with Crippen molar-refractivity contribution in [1.29, 1.82) is 0 Å². The number of hydrogen-bond donors (Lipinski definition) is 2. The average Bonchev–Trinajstić information content (AvgIpc) is 2.59. The van der Waals surface area contributed by atoms with Crippen LogP contribution in [0, 0.1) is 18.8 Å². The highest BCUT2D eigenvalue weighted by Gasteiger charge is 2.13. The highest BCUT2D eigenvalue weighted by Crippen LogP contribution is 2.23. The van der Waals surface area contributed by atoms with Crippen molar-refractivity contribution >= 4 is 11.7 Å². The largest absolute Gasteiger partial charge is 0.481 e. The van der Waals surface area contributed by atoms with Crippen LogP contribution in [0.3, 0.4) is 0 Å². The summed E-state index contributed by atoms with van der Waals surface area (Å²) in [6, 6.07) is 15.4. The SMILES string of the molecule is Cc1ccccc1OCC#CCNC(=O)Nc1ccc(C(C)(C)C)cc1. The summed E-state index contributed by atoms with van der Waals surface area (Å²) in [6.45, 7) is 9.02. The fraction of sp³-hybridized carbons (Fsp3) is 0.318. The van der Waals surface area contributed by atoms with Crippen LogP contribution in [0.4, 0.5) is 10.5 Å². The first-order valence-corrected chi connectivity index (χ1v) is 8.66. The minimum Gasteiger partial charge on any atom is -0.481 e.